The van der Waals surface area contributed by atoms with E-state index in [0.29, 0.717) is 11.8 Å². The molecule has 0 amide bonds. The van der Waals surface area contributed by atoms with E-state index in [9.17, 15) is 0 Å². The van der Waals surface area contributed by atoms with Crippen LogP contribution in [-0.4, -0.2) is 0 Å². The molecule has 0 fully saturated rings. The van der Waals surface area contributed by atoms with E-state index in [2.05, 4.69) is 86.7 Å². The van der Waals surface area contributed by atoms with Crippen LogP contribution in [0.15, 0.2) is 83.0 Å². The van der Waals surface area contributed by atoms with Gasteiger partial charge in [0, 0.05) is 11.8 Å². The molecule has 122 valence electrons. The molecule has 0 heteroatoms. The summed E-state index contributed by atoms with van der Waals surface area (Å²) in [6.07, 6.45) is 10.6. The molecule has 2 aromatic rings. The van der Waals surface area contributed by atoms with Gasteiger partial charge in [0.2, 0.25) is 0 Å². The zero-order valence-corrected chi connectivity index (χ0v) is 14.8. The fraction of sp³-hybridized carbons (Fsp3) is 0.200. The van der Waals surface area contributed by atoms with Crippen molar-refractivity contribution in [1.82, 2.24) is 0 Å². The smallest absolute Gasteiger partial charge is 0.00730 e. The monoisotopic (exact) mass is 322 g/mol. The summed E-state index contributed by atoms with van der Waals surface area (Å²) < 4.78 is 0. The Hall–Kier alpha value is -2.60. The largest absolute Gasteiger partial charge is 0.0760 e. The summed E-state index contributed by atoms with van der Waals surface area (Å²) in [6.45, 7) is 4.63. The van der Waals surface area contributed by atoms with Gasteiger partial charge in [-0.2, -0.15) is 0 Å². The van der Waals surface area contributed by atoms with Gasteiger partial charge in [0.25, 0.3) is 0 Å². The maximum Gasteiger partial charge on any atom is 0.00730 e. The van der Waals surface area contributed by atoms with Gasteiger partial charge in [0.15, 0.2) is 0 Å². The molecule has 2 aromatic carbocycles. The first-order chi connectivity index (χ1) is 12.2. The number of hydrogen-bond donors (Lipinski definition) is 0. The first kappa shape index (κ1) is 14.7. The van der Waals surface area contributed by atoms with Crippen molar-refractivity contribution in [1.29, 1.82) is 0 Å². The Balaban J connectivity index is 1.53. The van der Waals surface area contributed by atoms with E-state index >= 15 is 0 Å². The zero-order chi connectivity index (χ0) is 17.0. The average molecular weight is 322 g/mol. The van der Waals surface area contributed by atoms with Crippen molar-refractivity contribution in [2.24, 2.45) is 0 Å². The lowest BCUT2D eigenvalue weighted by atomic mass is 9.78. The number of fused-ring (bicyclic) bond motifs is 3. The highest BCUT2D eigenvalue weighted by Crippen LogP contribution is 2.48. The van der Waals surface area contributed by atoms with Gasteiger partial charge in [-0.15, -0.1) is 0 Å². The molecule has 0 bridgehead atoms. The lowest BCUT2D eigenvalue weighted by molar-refractivity contribution is 0.832. The number of allylic oxidation sites excluding steroid dienone is 6. The molecule has 5 rings (SSSR count). The van der Waals surface area contributed by atoms with E-state index in [4.69, 9.17) is 0 Å². The van der Waals surface area contributed by atoms with E-state index in [0.717, 1.165) is 6.42 Å². The fourth-order valence-electron chi connectivity index (χ4n) is 4.67. The van der Waals surface area contributed by atoms with E-state index in [1.165, 1.54) is 44.5 Å². The maximum atomic E-state index is 2.42. The first-order valence-electron chi connectivity index (χ1n) is 9.22. The summed E-state index contributed by atoms with van der Waals surface area (Å²) >= 11 is 0. The molecule has 0 spiro atoms. The normalized spacial score (nSPS) is 23.1. The van der Waals surface area contributed by atoms with Gasteiger partial charge in [0.1, 0.15) is 0 Å². The van der Waals surface area contributed by atoms with Crippen LogP contribution < -0.4 is 0 Å². The van der Waals surface area contributed by atoms with E-state index < -0.39 is 0 Å². The molecular formula is C25H22. The van der Waals surface area contributed by atoms with Crippen LogP contribution in [0.3, 0.4) is 0 Å². The quantitative estimate of drug-likeness (QED) is 0.581. The maximum absolute atomic E-state index is 2.42. The highest BCUT2D eigenvalue weighted by Gasteiger charge is 2.30. The highest BCUT2D eigenvalue weighted by molar-refractivity contribution is 5.78. The number of hydrogen-bond acceptors (Lipinski definition) is 0. The summed E-state index contributed by atoms with van der Waals surface area (Å²) in [5.74, 6) is 0.984. The zero-order valence-electron chi connectivity index (χ0n) is 14.8. The molecule has 0 heterocycles. The van der Waals surface area contributed by atoms with Crippen LogP contribution in [0, 0.1) is 0 Å². The molecule has 0 aliphatic heterocycles. The Morgan fingerprint density at radius 2 is 1.56 bits per heavy atom. The van der Waals surface area contributed by atoms with Crippen molar-refractivity contribution in [2.45, 2.75) is 32.1 Å². The Morgan fingerprint density at radius 3 is 2.40 bits per heavy atom. The molecule has 0 saturated carbocycles. The van der Waals surface area contributed by atoms with Gasteiger partial charge in [0.05, 0.1) is 0 Å². The van der Waals surface area contributed by atoms with E-state index in [-0.39, 0.29) is 0 Å². The summed E-state index contributed by atoms with van der Waals surface area (Å²) in [7, 11) is 0. The van der Waals surface area contributed by atoms with Crippen LogP contribution in [0.1, 0.15) is 54.4 Å². The minimum atomic E-state index is 0.482. The standard InChI is InChI=1S/C25H22/c1-16-13-24-17(2)21-9-5-4-8-19(21)15-25(24)23(16)14-20-12-11-18-7-3-6-10-22(18)20/h3-13,15,17,20H,14H2,1-2H3. The molecule has 2 unspecified atom stereocenters. The highest BCUT2D eigenvalue weighted by atomic mass is 14.3. The average Bonchev–Trinajstić information content (AvgIpc) is 3.18. The predicted octanol–water partition coefficient (Wildman–Crippen LogP) is 6.64. The van der Waals surface area contributed by atoms with Crippen LogP contribution >= 0.6 is 0 Å². The van der Waals surface area contributed by atoms with Crippen molar-refractivity contribution in [2.75, 3.05) is 0 Å². The number of benzene rings is 2. The molecule has 0 nitrogen and oxygen atoms in total. The molecule has 0 saturated heterocycles. The second kappa shape index (κ2) is 5.46. The Bertz CT molecular complexity index is 994. The van der Waals surface area contributed by atoms with Crippen LogP contribution in [0.4, 0.5) is 0 Å². The minimum Gasteiger partial charge on any atom is -0.0760 e. The van der Waals surface area contributed by atoms with E-state index in [1.54, 1.807) is 0 Å². The Kier molecular flexibility index (Phi) is 3.21. The fourth-order valence-corrected chi connectivity index (χ4v) is 4.67. The second-order valence-electron chi connectivity index (χ2n) is 7.47. The summed E-state index contributed by atoms with van der Waals surface area (Å²) in [5, 5.41) is 0. The van der Waals surface area contributed by atoms with Gasteiger partial charge in [-0.1, -0.05) is 73.7 Å². The first-order valence-corrected chi connectivity index (χ1v) is 9.22. The third kappa shape index (κ3) is 2.21. The van der Waals surface area contributed by atoms with Crippen molar-refractivity contribution in [3.05, 3.63) is 105 Å². The second-order valence-corrected chi connectivity index (χ2v) is 7.47. The molecule has 0 radical (unpaired) electrons. The van der Waals surface area contributed by atoms with Crippen molar-refractivity contribution < 1.29 is 0 Å². The molecular weight excluding hydrogens is 300 g/mol. The van der Waals surface area contributed by atoms with E-state index in [1.807, 2.05) is 0 Å². The predicted molar refractivity (Wildman–Crippen MR) is 106 cm³/mol. The SMILES string of the molecule is CC1=C(CC2C=Cc3ccccc32)C2=Cc3ccccc3C(C)C2=C1. The van der Waals surface area contributed by atoms with Gasteiger partial charge in [-0.05, 0) is 64.0 Å². The third-order valence-electron chi connectivity index (χ3n) is 6.04. The van der Waals surface area contributed by atoms with Crippen LogP contribution in [0.2, 0.25) is 0 Å². The van der Waals surface area contributed by atoms with Crippen LogP contribution in [0.25, 0.3) is 12.2 Å². The van der Waals surface area contributed by atoms with Gasteiger partial charge < -0.3 is 0 Å². The third-order valence-corrected chi connectivity index (χ3v) is 6.04. The molecule has 0 N–H and O–H groups in total. The molecule has 3 aliphatic rings. The summed E-state index contributed by atoms with van der Waals surface area (Å²) in [6, 6.07) is 17.6. The van der Waals surface area contributed by atoms with Gasteiger partial charge in [-0.3, -0.25) is 0 Å². The topological polar surface area (TPSA) is 0 Å². The Labute approximate surface area is 149 Å². The summed E-state index contributed by atoms with van der Waals surface area (Å²) in [4.78, 5) is 0. The molecule has 25 heavy (non-hydrogen) atoms. The lowest BCUT2D eigenvalue weighted by Gasteiger charge is -2.25. The van der Waals surface area contributed by atoms with Gasteiger partial charge in [-0.25, -0.2) is 0 Å². The molecule has 2 atom stereocenters. The minimum absolute atomic E-state index is 0.482. The van der Waals surface area contributed by atoms with Crippen molar-refractivity contribution >= 4 is 12.2 Å². The number of rotatable bonds is 2. The molecule has 0 aromatic heterocycles. The van der Waals surface area contributed by atoms with Crippen LogP contribution in [0.5, 0.6) is 0 Å². The van der Waals surface area contributed by atoms with Crippen molar-refractivity contribution in [3.8, 4) is 0 Å². The Morgan fingerprint density at radius 1 is 0.840 bits per heavy atom. The molecule has 3 aliphatic carbocycles. The van der Waals surface area contributed by atoms with Crippen LogP contribution in [-0.2, 0) is 0 Å². The van der Waals surface area contributed by atoms with Crippen molar-refractivity contribution in [3.63, 3.8) is 0 Å². The van der Waals surface area contributed by atoms with Gasteiger partial charge >= 0.3 is 0 Å². The summed E-state index contributed by atoms with van der Waals surface area (Å²) in [5.41, 5.74) is 11.6. The lowest BCUT2D eigenvalue weighted by Crippen LogP contribution is -2.08.